The maximum absolute atomic E-state index is 12.2. The van der Waals surface area contributed by atoms with Crippen molar-refractivity contribution in [1.82, 2.24) is 20.9 Å². The summed E-state index contributed by atoms with van der Waals surface area (Å²) < 4.78 is 0. The Bertz CT molecular complexity index is 423. The Hall–Kier alpha value is -1.63. The van der Waals surface area contributed by atoms with Crippen LogP contribution in [-0.4, -0.2) is 54.0 Å². The fourth-order valence-electron chi connectivity index (χ4n) is 3.10. The van der Waals surface area contributed by atoms with Gasteiger partial charge in [-0.15, -0.1) is 0 Å². The van der Waals surface area contributed by atoms with Crippen LogP contribution in [0.4, 0.5) is 4.79 Å². The normalized spacial score (nSPS) is 29.5. The molecule has 3 heterocycles. The molecule has 0 aliphatic carbocycles. The van der Waals surface area contributed by atoms with E-state index in [1.807, 2.05) is 0 Å². The molecule has 3 aliphatic heterocycles. The summed E-state index contributed by atoms with van der Waals surface area (Å²) in [6.45, 7) is 1.93. The van der Waals surface area contributed by atoms with Gasteiger partial charge in [-0.1, -0.05) is 0 Å². The number of likely N-dealkylation sites (tertiary alicyclic amines) is 1. The molecule has 7 heteroatoms. The summed E-state index contributed by atoms with van der Waals surface area (Å²) in [4.78, 5) is 37.0. The molecule has 3 saturated heterocycles. The van der Waals surface area contributed by atoms with Crippen LogP contribution in [0.25, 0.3) is 0 Å². The average molecular weight is 266 g/mol. The van der Waals surface area contributed by atoms with Gasteiger partial charge in [-0.3, -0.25) is 14.9 Å². The Morgan fingerprint density at radius 2 is 2.00 bits per heavy atom. The molecule has 1 atom stereocenters. The zero-order valence-electron chi connectivity index (χ0n) is 10.7. The quantitative estimate of drug-likeness (QED) is 0.528. The van der Waals surface area contributed by atoms with Gasteiger partial charge in [0.15, 0.2) is 0 Å². The van der Waals surface area contributed by atoms with Crippen molar-refractivity contribution >= 4 is 17.8 Å². The molecule has 0 radical (unpaired) electrons. The first kappa shape index (κ1) is 12.4. The van der Waals surface area contributed by atoms with Gasteiger partial charge in [0.2, 0.25) is 5.91 Å². The summed E-state index contributed by atoms with van der Waals surface area (Å²) in [7, 11) is 0. The molecule has 3 fully saturated rings. The topological polar surface area (TPSA) is 90.5 Å². The number of carbonyl (C=O) groups is 3. The summed E-state index contributed by atoms with van der Waals surface area (Å²) in [5.41, 5.74) is -0.795. The highest BCUT2D eigenvalue weighted by Gasteiger charge is 2.48. The van der Waals surface area contributed by atoms with E-state index in [1.165, 1.54) is 0 Å². The van der Waals surface area contributed by atoms with Crippen LogP contribution >= 0.6 is 0 Å². The molecule has 3 aliphatic rings. The van der Waals surface area contributed by atoms with Crippen LogP contribution in [0.5, 0.6) is 0 Å². The maximum Gasteiger partial charge on any atom is 0.322 e. The molecule has 0 bridgehead atoms. The van der Waals surface area contributed by atoms with E-state index in [9.17, 15) is 14.4 Å². The molecule has 4 amide bonds. The van der Waals surface area contributed by atoms with Gasteiger partial charge in [-0.2, -0.15) is 0 Å². The number of carbonyl (C=O) groups excluding carboxylic acids is 3. The molecular formula is C12H18N4O3. The van der Waals surface area contributed by atoms with E-state index in [0.717, 1.165) is 19.4 Å². The van der Waals surface area contributed by atoms with Gasteiger partial charge in [0.25, 0.3) is 5.91 Å². The predicted molar refractivity (Wildman–Crippen MR) is 66.2 cm³/mol. The largest absolute Gasteiger partial charge is 0.341 e. The van der Waals surface area contributed by atoms with Gasteiger partial charge in [-0.05, 0) is 32.2 Å². The molecule has 0 aromatic carbocycles. The smallest absolute Gasteiger partial charge is 0.322 e. The molecule has 1 unspecified atom stereocenters. The highest BCUT2D eigenvalue weighted by Crippen LogP contribution is 2.26. The van der Waals surface area contributed by atoms with Crippen molar-refractivity contribution in [2.45, 2.75) is 37.3 Å². The van der Waals surface area contributed by atoms with Crippen molar-refractivity contribution in [2.75, 3.05) is 19.6 Å². The Morgan fingerprint density at radius 3 is 2.53 bits per heavy atom. The molecule has 0 aromatic rings. The first-order chi connectivity index (χ1) is 9.11. The maximum atomic E-state index is 12.2. The van der Waals surface area contributed by atoms with E-state index in [2.05, 4.69) is 16.0 Å². The van der Waals surface area contributed by atoms with Crippen molar-refractivity contribution in [3.63, 3.8) is 0 Å². The first-order valence-corrected chi connectivity index (χ1v) is 6.76. The van der Waals surface area contributed by atoms with Crippen molar-refractivity contribution in [3.8, 4) is 0 Å². The van der Waals surface area contributed by atoms with Gasteiger partial charge in [-0.25, -0.2) is 4.79 Å². The summed E-state index contributed by atoms with van der Waals surface area (Å²) in [5.74, 6) is -0.138. The van der Waals surface area contributed by atoms with Crippen LogP contribution in [0.2, 0.25) is 0 Å². The standard InChI is InChI=1S/C12H18N4O3/c17-9(8-2-1-5-13-8)16-6-3-12(4-7-16)10(18)14-11(19)15-12/h8,13H,1-7H2,(H2,14,15,18,19). The number of amides is 4. The lowest BCUT2D eigenvalue weighted by atomic mass is 9.87. The van der Waals surface area contributed by atoms with Crippen molar-refractivity contribution in [1.29, 1.82) is 0 Å². The van der Waals surface area contributed by atoms with E-state index >= 15 is 0 Å². The zero-order chi connectivity index (χ0) is 13.5. The van der Waals surface area contributed by atoms with Crippen molar-refractivity contribution in [3.05, 3.63) is 0 Å². The van der Waals surface area contributed by atoms with Crippen molar-refractivity contribution < 1.29 is 14.4 Å². The van der Waals surface area contributed by atoms with Crippen LogP contribution in [0.3, 0.4) is 0 Å². The number of imide groups is 1. The lowest BCUT2D eigenvalue weighted by Gasteiger charge is -2.37. The van der Waals surface area contributed by atoms with E-state index in [-0.39, 0.29) is 17.9 Å². The van der Waals surface area contributed by atoms with Crippen LogP contribution in [0, 0.1) is 0 Å². The molecule has 0 aromatic heterocycles. The molecule has 7 nitrogen and oxygen atoms in total. The molecule has 0 saturated carbocycles. The van der Waals surface area contributed by atoms with Gasteiger partial charge in [0, 0.05) is 13.1 Å². The lowest BCUT2D eigenvalue weighted by molar-refractivity contribution is -0.137. The number of piperidine rings is 1. The lowest BCUT2D eigenvalue weighted by Crippen LogP contribution is -2.57. The summed E-state index contributed by atoms with van der Waals surface area (Å²) >= 11 is 0. The summed E-state index contributed by atoms with van der Waals surface area (Å²) in [6.07, 6.45) is 2.90. The number of hydrogen-bond donors (Lipinski definition) is 3. The van der Waals surface area contributed by atoms with Crippen LogP contribution in [0.1, 0.15) is 25.7 Å². The SMILES string of the molecule is O=C1NC(=O)C2(CCN(C(=O)C3CCCN3)CC2)N1. The second-order valence-electron chi connectivity index (χ2n) is 5.46. The molecule has 3 rings (SSSR count). The Kier molecular flexibility index (Phi) is 2.93. The van der Waals surface area contributed by atoms with Crippen LogP contribution in [-0.2, 0) is 9.59 Å². The number of hydrogen-bond acceptors (Lipinski definition) is 4. The van der Waals surface area contributed by atoms with Gasteiger partial charge >= 0.3 is 6.03 Å². The van der Waals surface area contributed by atoms with Gasteiger partial charge in [0.1, 0.15) is 5.54 Å². The van der Waals surface area contributed by atoms with Gasteiger partial charge in [0.05, 0.1) is 6.04 Å². The number of nitrogens with one attached hydrogen (secondary N) is 3. The molecule has 104 valence electrons. The molecule has 19 heavy (non-hydrogen) atoms. The minimum atomic E-state index is -0.795. The van der Waals surface area contributed by atoms with E-state index in [4.69, 9.17) is 0 Å². The highest BCUT2D eigenvalue weighted by atomic mass is 16.2. The monoisotopic (exact) mass is 266 g/mol. The third-order valence-electron chi connectivity index (χ3n) is 4.30. The number of nitrogens with zero attached hydrogens (tertiary/aromatic N) is 1. The molecular weight excluding hydrogens is 248 g/mol. The van der Waals surface area contributed by atoms with E-state index in [1.54, 1.807) is 4.90 Å². The Balaban J connectivity index is 1.61. The fraction of sp³-hybridized carbons (Fsp3) is 0.750. The summed E-state index contributed by atoms with van der Waals surface area (Å²) in [6, 6.07) is -0.497. The van der Waals surface area contributed by atoms with Gasteiger partial charge < -0.3 is 15.5 Å². The fourth-order valence-corrected chi connectivity index (χ4v) is 3.10. The zero-order valence-corrected chi connectivity index (χ0v) is 10.7. The average Bonchev–Trinajstić information content (AvgIpc) is 2.99. The highest BCUT2D eigenvalue weighted by molar-refractivity contribution is 6.07. The number of rotatable bonds is 1. The van der Waals surface area contributed by atoms with Crippen LogP contribution < -0.4 is 16.0 Å². The van der Waals surface area contributed by atoms with Crippen molar-refractivity contribution in [2.24, 2.45) is 0 Å². The Morgan fingerprint density at radius 1 is 1.26 bits per heavy atom. The van der Waals surface area contributed by atoms with Crippen LogP contribution in [0.15, 0.2) is 0 Å². The van der Waals surface area contributed by atoms with E-state index in [0.29, 0.717) is 25.9 Å². The summed E-state index contributed by atoms with van der Waals surface area (Å²) in [5, 5.41) is 8.16. The third kappa shape index (κ3) is 2.07. The second kappa shape index (κ2) is 4.48. The first-order valence-electron chi connectivity index (χ1n) is 6.76. The second-order valence-corrected chi connectivity index (χ2v) is 5.46. The molecule has 1 spiro atoms. The predicted octanol–water partition coefficient (Wildman–Crippen LogP) is -1.06. The number of urea groups is 1. The minimum Gasteiger partial charge on any atom is -0.341 e. The third-order valence-corrected chi connectivity index (χ3v) is 4.30. The minimum absolute atomic E-state index is 0.0685. The van der Waals surface area contributed by atoms with E-state index < -0.39 is 11.6 Å². The molecule has 3 N–H and O–H groups in total. The Labute approximate surface area is 111 Å².